The molecule has 0 aromatic carbocycles. The number of aromatic nitrogens is 6. The lowest BCUT2D eigenvalue weighted by molar-refractivity contribution is 0.611. The van der Waals surface area contributed by atoms with Crippen molar-refractivity contribution in [3.05, 3.63) is 60.7 Å². The van der Waals surface area contributed by atoms with Gasteiger partial charge in [0, 0.05) is 24.6 Å². The maximum absolute atomic E-state index is 4.77. The van der Waals surface area contributed by atoms with Gasteiger partial charge in [0.2, 0.25) is 0 Å². The molecule has 2 aliphatic rings. The average Bonchev–Trinajstić information content (AvgIpc) is 3.36. The molecule has 9 nitrogen and oxygen atoms in total. The molecule has 0 fully saturated rings. The molecule has 1 aliphatic carbocycles. The molecular weight excluding hydrogens is 378 g/mol. The Morgan fingerprint density at radius 2 is 2.03 bits per heavy atom. The standard InChI is InChI=1S/C21H23N9/c1-13(2)30-12-25-19-20(24-11-18-26-15-5-3-4-6-16(15)27-18)28-17(29-21(19)30)9-14-10-22-7-8-23-14/h3-8,10,12-13,15-16H,9,11H2,1-2H3,(H,26,27)(H,24,28,29). The summed E-state index contributed by atoms with van der Waals surface area (Å²) in [6.07, 6.45) is 15.7. The smallest absolute Gasteiger partial charge is 0.166 e. The second-order valence-corrected chi connectivity index (χ2v) is 7.64. The number of nitrogens with zero attached hydrogens (tertiary/aromatic N) is 7. The van der Waals surface area contributed by atoms with Crippen LogP contribution in [0.4, 0.5) is 5.82 Å². The van der Waals surface area contributed by atoms with Gasteiger partial charge in [0.05, 0.1) is 37.1 Å². The van der Waals surface area contributed by atoms with Crippen LogP contribution >= 0.6 is 0 Å². The summed E-state index contributed by atoms with van der Waals surface area (Å²) >= 11 is 0. The van der Waals surface area contributed by atoms with Gasteiger partial charge >= 0.3 is 0 Å². The second-order valence-electron chi connectivity index (χ2n) is 7.64. The number of hydrogen-bond donors (Lipinski definition) is 2. The Morgan fingerprint density at radius 1 is 1.13 bits per heavy atom. The highest BCUT2D eigenvalue weighted by molar-refractivity contribution is 5.91. The molecule has 2 N–H and O–H groups in total. The van der Waals surface area contributed by atoms with Gasteiger partial charge in [-0.25, -0.2) is 15.0 Å². The lowest BCUT2D eigenvalue weighted by Gasteiger charge is -2.14. The van der Waals surface area contributed by atoms with Gasteiger partial charge in [-0.15, -0.1) is 0 Å². The fraction of sp³-hybridized carbons (Fsp3) is 0.333. The first-order chi connectivity index (χ1) is 14.7. The summed E-state index contributed by atoms with van der Waals surface area (Å²) in [6.45, 7) is 4.76. The first-order valence-electron chi connectivity index (χ1n) is 10.1. The minimum Gasteiger partial charge on any atom is -0.364 e. The van der Waals surface area contributed by atoms with Crippen LogP contribution < -0.4 is 10.6 Å². The molecule has 5 rings (SSSR count). The summed E-state index contributed by atoms with van der Waals surface area (Å²) in [7, 11) is 0. The summed E-state index contributed by atoms with van der Waals surface area (Å²) in [4.78, 5) is 27.3. The van der Waals surface area contributed by atoms with Gasteiger partial charge in [0.1, 0.15) is 17.2 Å². The molecule has 3 aromatic heterocycles. The molecule has 0 saturated heterocycles. The molecule has 3 aromatic rings. The molecule has 30 heavy (non-hydrogen) atoms. The Kier molecular flexibility index (Phi) is 4.70. The van der Waals surface area contributed by atoms with Crippen molar-refractivity contribution in [2.24, 2.45) is 4.99 Å². The van der Waals surface area contributed by atoms with E-state index in [1.54, 1.807) is 18.6 Å². The van der Waals surface area contributed by atoms with Crippen LogP contribution in [0.3, 0.4) is 0 Å². The zero-order valence-electron chi connectivity index (χ0n) is 16.9. The number of nitrogens with one attached hydrogen (secondary N) is 2. The number of allylic oxidation sites excluding steroid dienone is 2. The third kappa shape index (κ3) is 3.54. The van der Waals surface area contributed by atoms with Gasteiger partial charge in [0.25, 0.3) is 0 Å². The average molecular weight is 401 g/mol. The monoisotopic (exact) mass is 401 g/mol. The van der Waals surface area contributed by atoms with Crippen molar-refractivity contribution in [3.63, 3.8) is 0 Å². The van der Waals surface area contributed by atoms with Crippen molar-refractivity contribution in [2.75, 3.05) is 11.9 Å². The third-order valence-electron chi connectivity index (χ3n) is 5.15. The van der Waals surface area contributed by atoms with Gasteiger partial charge in [-0.1, -0.05) is 24.3 Å². The lowest BCUT2D eigenvalue weighted by Crippen LogP contribution is -2.35. The molecule has 2 unspecified atom stereocenters. The Hall–Kier alpha value is -3.62. The first kappa shape index (κ1) is 18.4. The predicted octanol–water partition coefficient (Wildman–Crippen LogP) is 2.06. The van der Waals surface area contributed by atoms with E-state index in [0.717, 1.165) is 22.7 Å². The van der Waals surface area contributed by atoms with Crippen molar-refractivity contribution in [2.45, 2.75) is 38.4 Å². The molecule has 152 valence electrons. The number of hydrogen-bond acceptors (Lipinski definition) is 8. The topological polar surface area (TPSA) is 106 Å². The van der Waals surface area contributed by atoms with Gasteiger partial charge in [-0.2, -0.15) is 0 Å². The van der Waals surface area contributed by atoms with Crippen molar-refractivity contribution in [1.82, 2.24) is 34.8 Å². The van der Waals surface area contributed by atoms with Crippen molar-refractivity contribution in [1.29, 1.82) is 0 Å². The number of anilines is 1. The van der Waals surface area contributed by atoms with E-state index in [9.17, 15) is 0 Å². The van der Waals surface area contributed by atoms with E-state index < -0.39 is 0 Å². The van der Waals surface area contributed by atoms with E-state index in [-0.39, 0.29) is 18.1 Å². The van der Waals surface area contributed by atoms with Gasteiger partial charge < -0.3 is 15.2 Å². The van der Waals surface area contributed by atoms with Crippen molar-refractivity contribution >= 4 is 22.8 Å². The highest BCUT2D eigenvalue weighted by atomic mass is 15.2. The SMILES string of the molecule is CC(C)n1cnc2c(NCC3=NC4C=CC=CC4N3)nc(Cc3cnccn3)nc21. The van der Waals surface area contributed by atoms with Crippen LogP contribution in [-0.4, -0.2) is 54.0 Å². The van der Waals surface area contributed by atoms with E-state index in [0.29, 0.717) is 24.6 Å². The summed E-state index contributed by atoms with van der Waals surface area (Å²) in [6, 6.07) is 0.624. The van der Waals surface area contributed by atoms with Crippen LogP contribution in [0, 0.1) is 0 Å². The minimum atomic E-state index is 0.157. The van der Waals surface area contributed by atoms with E-state index in [4.69, 9.17) is 15.0 Å². The van der Waals surface area contributed by atoms with E-state index >= 15 is 0 Å². The number of imidazole rings is 1. The van der Waals surface area contributed by atoms with Gasteiger partial charge in [-0.3, -0.25) is 15.0 Å². The normalized spacial score (nSPS) is 19.8. The fourth-order valence-corrected chi connectivity index (χ4v) is 3.65. The summed E-state index contributed by atoms with van der Waals surface area (Å²) in [5, 5.41) is 6.86. The van der Waals surface area contributed by atoms with Crippen molar-refractivity contribution in [3.8, 4) is 0 Å². The molecule has 0 saturated carbocycles. The van der Waals surface area contributed by atoms with Crippen LogP contribution in [0.15, 0.2) is 54.2 Å². The van der Waals surface area contributed by atoms with Crippen LogP contribution in [0.2, 0.25) is 0 Å². The highest BCUT2D eigenvalue weighted by Crippen LogP contribution is 2.23. The number of fused-ring (bicyclic) bond motifs is 2. The number of amidine groups is 1. The fourth-order valence-electron chi connectivity index (χ4n) is 3.65. The molecule has 4 heterocycles. The number of rotatable bonds is 6. The Labute approximate surface area is 174 Å². The Bertz CT molecular complexity index is 1140. The molecule has 0 spiro atoms. The molecule has 9 heteroatoms. The molecular formula is C21H23N9. The van der Waals surface area contributed by atoms with Crippen LogP contribution in [0.5, 0.6) is 0 Å². The third-order valence-corrected chi connectivity index (χ3v) is 5.15. The zero-order chi connectivity index (χ0) is 20.5. The second kappa shape index (κ2) is 7.66. The van der Waals surface area contributed by atoms with Gasteiger partial charge in [-0.05, 0) is 13.8 Å². The van der Waals surface area contributed by atoms with Gasteiger partial charge in [0.15, 0.2) is 11.5 Å². The van der Waals surface area contributed by atoms with Crippen LogP contribution in [-0.2, 0) is 6.42 Å². The molecule has 0 bridgehead atoms. The largest absolute Gasteiger partial charge is 0.364 e. The quantitative estimate of drug-likeness (QED) is 0.651. The van der Waals surface area contributed by atoms with E-state index in [2.05, 4.69) is 56.2 Å². The van der Waals surface area contributed by atoms with Crippen LogP contribution in [0.25, 0.3) is 11.2 Å². The maximum Gasteiger partial charge on any atom is 0.166 e. The lowest BCUT2D eigenvalue weighted by atomic mass is 10.1. The minimum absolute atomic E-state index is 0.157. The van der Waals surface area contributed by atoms with E-state index in [1.165, 1.54) is 0 Å². The molecule has 0 radical (unpaired) electrons. The molecule has 0 amide bonds. The predicted molar refractivity (Wildman–Crippen MR) is 115 cm³/mol. The summed E-state index contributed by atoms with van der Waals surface area (Å²) in [5.41, 5.74) is 2.38. The Balaban J connectivity index is 1.44. The number of aliphatic imine (C=N–C) groups is 1. The zero-order valence-corrected chi connectivity index (χ0v) is 16.9. The maximum atomic E-state index is 4.77. The van der Waals surface area contributed by atoms with Crippen molar-refractivity contribution < 1.29 is 0 Å². The first-order valence-corrected chi connectivity index (χ1v) is 10.1. The van der Waals surface area contributed by atoms with E-state index in [1.807, 2.05) is 18.5 Å². The van der Waals surface area contributed by atoms with Crippen LogP contribution in [0.1, 0.15) is 31.4 Å². The molecule has 2 atom stereocenters. The summed E-state index contributed by atoms with van der Waals surface area (Å²) in [5.74, 6) is 2.28. The molecule has 1 aliphatic heterocycles. The Morgan fingerprint density at radius 3 is 2.83 bits per heavy atom. The highest BCUT2D eigenvalue weighted by Gasteiger charge is 2.25. The summed E-state index contributed by atoms with van der Waals surface area (Å²) < 4.78 is 2.05.